The number of aromatic amines is 1. The summed E-state index contributed by atoms with van der Waals surface area (Å²) >= 11 is 0. The van der Waals surface area contributed by atoms with Crippen molar-refractivity contribution in [3.05, 3.63) is 58.5 Å². The summed E-state index contributed by atoms with van der Waals surface area (Å²) < 4.78 is 5.34. The standard InChI is InChI=1S/C16H17N3O3/c20-15-5-4-12(11-17-15)16(21)18-13-2-1-3-14(10-13)19-6-8-22-9-7-19/h1-5,10-11H,6-9H2,(H,17,20)(H,18,21). The van der Waals surface area contributed by atoms with Gasteiger partial charge in [0.15, 0.2) is 0 Å². The van der Waals surface area contributed by atoms with Crippen molar-refractivity contribution in [2.75, 3.05) is 36.5 Å². The highest BCUT2D eigenvalue weighted by Crippen LogP contribution is 2.20. The van der Waals surface area contributed by atoms with Crippen molar-refractivity contribution in [1.82, 2.24) is 4.98 Å². The van der Waals surface area contributed by atoms with E-state index in [1.165, 1.54) is 18.3 Å². The molecule has 1 aliphatic rings. The van der Waals surface area contributed by atoms with Crippen LogP contribution in [0.4, 0.5) is 11.4 Å². The van der Waals surface area contributed by atoms with Crippen LogP contribution in [-0.2, 0) is 4.74 Å². The van der Waals surface area contributed by atoms with E-state index in [0.29, 0.717) is 18.8 Å². The van der Waals surface area contributed by atoms with Crippen molar-refractivity contribution in [1.29, 1.82) is 0 Å². The summed E-state index contributed by atoms with van der Waals surface area (Å²) in [5, 5.41) is 2.84. The first kappa shape index (κ1) is 14.3. The molecular formula is C16H17N3O3. The van der Waals surface area contributed by atoms with Gasteiger partial charge in [0.1, 0.15) is 0 Å². The molecule has 0 atom stereocenters. The fourth-order valence-corrected chi connectivity index (χ4v) is 2.36. The first-order valence-corrected chi connectivity index (χ1v) is 7.15. The molecule has 0 saturated carbocycles. The van der Waals surface area contributed by atoms with Gasteiger partial charge in [0.25, 0.3) is 5.91 Å². The van der Waals surface area contributed by atoms with Crippen LogP contribution in [-0.4, -0.2) is 37.2 Å². The van der Waals surface area contributed by atoms with Crippen LogP contribution in [0.15, 0.2) is 47.4 Å². The molecule has 3 rings (SSSR count). The van der Waals surface area contributed by atoms with Gasteiger partial charge in [0, 0.05) is 36.7 Å². The Hall–Kier alpha value is -2.60. The van der Waals surface area contributed by atoms with Gasteiger partial charge in [-0.3, -0.25) is 9.59 Å². The Morgan fingerprint density at radius 2 is 2.00 bits per heavy atom. The Bertz CT molecular complexity index is 700. The molecule has 0 unspecified atom stereocenters. The molecule has 6 heteroatoms. The van der Waals surface area contributed by atoms with Gasteiger partial charge in [-0.2, -0.15) is 0 Å². The number of aromatic nitrogens is 1. The van der Waals surface area contributed by atoms with Gasteiger partial charge in [-0.1, -0.05) is 6.07 Å². The number of hydrogen-bond acceptors (Lipinski definition) is 4. The highest BCUT2D eigenvalue weighted by atomic mass is 16.5. The van der Waals surface area contributed by atoms with Crippen LogP contribution in [0.5, 0.6) is 0 Å². The minimum absolute atomic E-state index is 0.231. The van der Waals surface area contributed by atoms with E-state index in [1.54, 1.807) is 0 Å². The fourth-order valence-electron chi connectivity index (χ4n) is 2.36. The number of rotatable bonds is 3. The molecule has 2 aromatic rings. The Labute approximate surface area is 127 Å². The van der Waals surface area contributed by atoms with Crippen molar-refractivity contribution in [3.63, 3.8) is 0 Å². The van der Waals surface area contributed by atoms with Gasteiger partial charge in [-0.25, -0.2) is 0 Å². The molecule has 6 nitrogen and oxygen atoms in total. The Morgan fingerprint density at radius 3 is 2.73 bits per heavy atom. The van der Waals surface area contributed by atoms with Crippen molar-refractivity contribution < 1.29 is 9.53 Å². The predicted molar refractivity (Wildman–Crippen MR) is 84.5 cm³/mol. The van der Waals surface area contributed by atoms with E-state index in [0.717, 1.165) is 24.5 Å². The predicted octanol–water partition coefficient (Wildman–Crippen LogP) is 1.46. The molecule has 1 amide bonds. The lowest BCUT2D eigenvalue weighted by Gasteiger charge is -2.29. The van der Waals surface area contributed by atoms with Gasteiger partial charge in [0.2, 0.25) is 5.56 Å². The number of amides is 1. The topological polar surface area (TPSA) is 74.4 Å². The lowest BCUT2D eigenvalue weighted by molar-refractivity contribution is 0.102. The third-order valence-electron chi connectivity index (χ3n) is 3.53. The van der Waals surface area contributed by atoms with Gasteiger partial charge in [-0.05, 0) is 24.3 Å². The maximum absolute atomic E-state index is 12.1. The lowest BCUT2D eigenvalue weighted by Crippen LogP contribution is -2.36. The Morgan fingerprint density at radius 1 is 1.18 bits per heavy atom. The van der Waals surface area contributed by atoms with Crippen LogP contribution in [0.2, 0.25) is 0 Å². The summed E-state index contributed by atoms with van der Waals surface area (Å²) in [5.74, 6) is -0.254. The van der Waals surface area contributed by atoms with Crippen molar-refractivity contribution in [2.45, 2.75) is 0 Å². The largest absolute Gasteiger partial charge is 0.378 e. The second-order valence-corrected chi connectivity index (χ2v) is 5.05. The zero-order valence-electron chi connectivity index (χ0n) is 12.0. The van der Waals surface area contributed by atoms with Crippen molar-refractivity contribution in [3.8, 4) is 0 Å². The molecule has 1 saturated heterocycles. The van der Waals surface area contributed by atoms with E-state index >= 15 is 0 Å². The van der Waals surface area contributed by atoms with Gasteiger partial charge in [-0.15, -0.1) is 0 Å². The average Bonchev–Trinajstić information content (AvgIpc) is 2.56. The third-order valence-corrected chi connectivity index (χ3v) is 3.53. The van der Waals surface area contributed by atoms with Gasteiger partial charge >= 0.3 is 0 Å². The smallest absolute Gasteiger partial charge is 0.257 e. The number of carbonyl (C=O) groups excluding carboxylic acids is 1. The van der Waals surface area contributed by atoms with Gasteiger partial charge < -0.3 is 19.9 Å². The fraction of sp³-hybridized carbons (Fsp3) is 0.250. The minimum atomic E-state index is -0.254. The average molecular weight is 299 g/mol. The molecule has 1 fully saturated rings. The third kappa shape index (κ3) is 3.35. The van der Waals surface area contributed by atoms with E-state index in [1.807, 2.05) is 24.3 Å². The summed E-state index contributed by atoms with van der Waals surface area (Å²) in [6.45, 7) is 3.12. The van der Waals surface area contributed by atoms with Crippen LogP contribution in [0.25, 0.3) is 0 Å². The van der Waals surface area contributed by atoms with Crippen LogP contribution in [0.1, 0.15) is 10.4 Å². The van der Waals surface area contributed by atoms with Crippen LogP contribution in [0, 0.1) is 0 Å². The van der Waals surface area contributed by atoms with E-state index in [2.05, 4.69) is 15.2 Å². The number of hydrogen-bond donors (Lipinski definition) is 2. The van der Waals surface area contributed by atoms with Crippen molar-refractivity contribution in [2.24, 2.45) is 0 Å². The number of anilines is 2. The number of morpholine rings is 1. The van der Waals surface area contributed by atoms with E-state index in [-0.39, 0.29) is 11.5 Å². The van der Waals surface area contributed by atoms with E-state index in [4.69, 9.17) is 4.74 Å². The highest BCUT2D eigenvalue weighted by molar-refractivity contribution is 6.04. The first-order valence-electron chi connectivity index (χ1n) is 7.15. The summed E-state index contributed by atoms with van der Waals surface area (Å²) in [6, 6.07) is 10.5. The Kier molecular flexibility index (Phi) is 4.20. The molecule has 1 aliphatic heterocycles. The van der Waals surface area contributed by atoms with Gasteiger partial charge in [0.05, 0.1) is 18.8 Å². The highest BCUT2D eigenvalue weighted by Gasteiger charge is 2.12. The number of ether oxygens (including phenoxy) is 1. The zero-order chi connectivity index (χ0) is 15.4. The SMILES string of the molecule is O=C(Nc1cccc(N2CCOCC2)c1)c1ccc(=O)[nH]c1. The number of H-pyrrole nitrogens is 1. The van der Waals surface area contributed by atoms with Crippen LogP contribution in [0.3, 0.4) is 0 Å². The van der Waals surface area contributed by atoms with E-state index in [9.17, 15) is 9.59 Å². The van der Waals surface area contributed by atoms with Crippen molar-refractivity contribution >= 4 is 17.3 Å². The van der Waals surface area contributed by atoms with Crippen LogP contribution < -0.4 is 15.8 Å². The molecule has 0 radical (unpaired) electrons. The summed E-state index contributed by atoms with van der Waals surface area (Å²) in [7, 11) is 0. The number of nitrogens with zero attached hydrogens (tertiary/aromatic N) is 1. The molecule has 114 valence electrons. The number of benzene rings is 1. The molecule has 1 aromatic carbocycles. The molecule has 1 aromatic heterocycles. The maximum Gasteiger partial charge on any atom is 0.257 e. The normalized spacial score (nSPS) is 14.6. The second kappa shape index (κ2) is 6.44. The molecule has 2 N–H and O–H groups in total. The molecule has 22 heavy (non-hydrogen) atoms. The number of pyridine rings is 1. The molecule has 0 bridgehead atoms. The molecule has 0 aliphatic carbocycles. The van der Waals surface area contributed by atoms with E-state index < -0.39 is 0 Å². The van der Waals surface area contributed by atoms with Crippen LogP contribution >= 0.6 is 0 Å². The molecule has 2 heterocycles. The number of carbonyl (C=O) groups is 1. The first-order chi connectivity index (χ1) is 10.7. The zero-order valence-corrected chi connectivity index (χ0v) is 12.0. The summed E-state index contributed by atoms with van der Waals surface area (Å²) in [5.41, 5.74) is 1.96. The quantitative estimate of drug-likeness (QED) is 0.900. The monoisotopic (exact) mass is 299 g/mol. The minimum Gasteiger partial charge on any atom is -0.378 e. The second-order valence-electron chi connectivity index (χ2n) is 5.05. The maximum atomic E-state index is 12.1. The summed E-state index contributed by atoms with van der Waals surface area (Å²) in [4.78, 5) is 27.9. The summed E-state index contributed by atoms with van der Waals surface area (Å²) in [6.07, 6.45) is 1.41. The molecular weight excluding hydrogens is 282 g/mol. The molecule has 0 spiro atoms. The number of nitrogens with one attached hydrogen (secondary N) is 2. The Balaban J connectivity index is 1.73. The lowest BCUT2D eigenvalue weighted by atomic mass is 10.2.